The van der Waals surface area contributed by atoms with Crippen molar-refractivity contribution in [3.63, 3.8) is 0 Å². The minimum absolute atomic E-state index is 0.274. The van der Waals surface area contributed by atoms with Crippen molar-refractivity contribution in [2.45, 2.75) is 0 Å². The summed E-state index contributed by atoms with van der Waals surface area (Å²) in [4.78, 5) is 20.4. The fourth-order valence-corrected chi connectivity index (χ4v) is 1.90. The Balaban J connectivity index is 1.80. The van der Waals surface area contributed by atoms with Crippen LogP contribution in [0, 0.1) is 0 Å². The lowest BCUT2D eigenvalue weighted by Gasteiger charge is -2.07. The Morgan fingerprint density at radius 2 is 2.14 bits per heavy atom. The van der Waals surface area contributed by atoms with Gasteiger partial charge in [0.25, 0.3) is 5.91 Å². The fraction of sp³-hybridized carbons (Fsp3) is 0.0667. The molecule has 0 saturated heterocycles. The van der Waals surface area contributed by atoms with Crippen LogP contribution in [0.3, 0.4) is 0 Å². The molecule has 0 radical (unpaired) electrons. The van der Waals surface area contributed by atoms with Crippen molar-refractivity contribution in [2.75, 3.05) is 12.4 Å². The lowest BCUT2D eigenvalue weighted by molar-refractivity contribution is 0.102. The zero-order chi connectivity index (χ0) is 15.4. The minimum atomic E-state index is -0.274. The van der Waals surface area contributed by atoms with Crippen LogP contribution in [0.5, 0.6) is 5.75 Å². The maximum absolute atomic E-state index is 12.2. The van der Waals surface area contributed by atoms with Gasteiger partial charge in [-0.2, -0.15) is 5.10 Å². The number of carbonyl (C=O) groups is 1. The highest BCUT2D eigenvalue weighted by atomic mass is 16.5. The summed E-state index contributed by atoms with van der Waals surface area (Å²) in [5.41, 5.74) is 0.485. The van der Waals surface area contributed by atoms with Gasteiger partial charge in [-0.05, 0) is 24.3 Å². The molecule has 110 valence electrons. The monoisotopic (exact) mass is 295 g/mol. The van der Waals surface area contributed by atoms with E-state index in [-0.39, 0.29) is 5.91 Å². The van der Waals surface area contributed by atoms with Crippen LogP contribution in [-0.2, 0) is 0 Å². The molecule has 0 spiro atoms. The zero-order valence-electron chi connectivity index (χ0n) is 11.8. The number of benzene rings is 1. The molecular formula is C15H13N5O2. The summed E-state index contributed by atoms with van der Waals surface area (Å²) >= 11 is 0. The summed E-state index contributed by atoms with van der Waals surface area (Å²) in [7, 11) is 1.55. The third-order valence-corrected chi connectivity index (χ3v) is 2.97. The van der Waals surface area contributed by atoms with Crippen molar-refractivity contribution in [1.29, 1.82) is 0 Å². The van der Waals surface area contributed by atoms with Crippen molar-refractivity contribution in [1.82, 2.24) is 19.7 Å². The highest BCUT2D eigenvalue weighted by Crippen LogP contribution is 2.14. The van der Waals surface area contributed by atoms with E-state index in [1.165, 1.54) is 6.33 Å². The number of aromatic nitrogens is 4. The van der Waals surface area contributed by atoms with Crippen molar-refractivity contribution in [3.05, 3.63) is 60.7 Å². The van der Waals surface area contributed by atoms with E-state index in [2.05, 4.69) is 20.4 Å². The van der Waals surface area contributed by atoms with E-state index in [1.807, 2.05) is 0 Å². The quantitative estimate of drug-likeness (QED) is 0.795. The maximum atomic E-state index is 12.2. The Bertz CT molecular complexity index is 786. The highest BCUT2D eigenvalue weighted by Gasteiger charge is 2.09. The third-order valence-electron chi connectivity index (χ3n) is 2.97. The van der Waals surface area contributed by atoms with Crippen LogP contribution in [0.4, 0.5) is 5.82 Å². The van der Waals surface area contributed by atoms with Gasteiger partial charge in [0.1, 0.15) is 17.9 Å². The molecule has 2 aromatic heterocycles. The van der Waals surface area contributed by atoms with Crippen LogP contribution in [0.25, 0.3) is 5.82 Å². The van der Waals surface area contributed by atoms with Gasteiger partial charge in [-0.25, -0.2) is 14.6 Å². The summed E-state index contributed by atoms with van der Waals surface area (Å²) in [6.07, 6.45) is 4.78. The van der Waals surface area contributed by atoms with Gasteiger partial charge in [-0.3, -0.25) is 4.79 Å². The summed E-state index contributed by atoms with van der Waals surface area (Å²) in [5, 5.41) is 6.81. The Labute approximate surface area is 126 Å². The van der Waals surface area contributed by atoms with E-state index in [9.17, 15) is 4.79 Å². The van der Waals surface area contributed by atoms with Crippen LogP contribution >= 0.6 is 0 Å². The van der Waals surface area contributed by atoms with Crippen LogP contribution in [-0.4, -0.2) is 32.8 Å². The van der Waals surface area contributed by atoms with Crippen LogP contribution < -0.4 is 10.1 Å². The molecular weight excluding hydrogens is 282 g/mol. The number of rotatable bonds is 4. The fourth-order valence-electron chi connectivity index (χ4n) is 1.90. The van der Waals surface area contributed by atoms with E-state index < -0.39 is 0 Å². The molecule has 2 heterocycles. The molecule has 0 fully saturated rings. The van der Waals surface area contributed by atoms with E-state index in [4.69, 9.17) is 4.74 Å². The van der Waals surface area contributed by atoms with Gasteiger partial charge in [0.2, 0.25) is 0 Å². The highest BCUT2D eigenvalue weighted by molar-refractivity contribution is 6.04. The molecule has 0 aliphatic rings. The summed E-state index contributed by atoms with van der Waals surface area (Å²) < 4.78 is 6.69. The SMILES string of the molecule is COc1cccc(C(=O)Nc2cc(-n3cccn3)ncn2)c1. The molecule has 3 aromatic rings. The van der Waals surface area contributed by atoms with Gasteiger partial charge in [0.15, 0.2) is 5.82 Å². The van der Waals surface area contributed by atoms with E-state index in [0.717, 1.165) is 0 Å². The first kappa shape index (κ1) is 13.7. The molecule has 1 N–H and O–H groups in total. The van der Waals surface area contributed by atoms with Gasteiger partial charge in [0.05, 0.1) is 7.11 Å². The van der Waals surface area contributed by atoms with Crippen LogP contribution in [0.15, 0.2) is 55.1 Å². The molecule has 1 aromatic carbocycles. The first-order valence-corrected chi connectivity index (χ1v) is 6.54. The van der Waals surface area contributed by atoms with Crippen molar-refractivity contribution >= 4 is 11.7 Å². The molecule has 22 heavy (non-hydrogen) atoms. The molecule has 0 bridgehead atoms. The standard InChI is InChI=1S/C15H13N5O2/c1-22-12-5-2-4-11(8-12)15(21)19-13-9-14(17-10-16-13)20-7-3-6-18-20/h2-10H,1H3,(H,16,17,19,21). The average Bonchev–Trinajstić information content (AvgIpc) is 3.10. The molecule has 0 unspecified atom stereocenters. The number of nitrogens with one attached hydrogen (secondary N) is 1. The predicted molar refractivity (Wildman–Crippen MR) is 80.1 cm³/mol. The first-order chi connectivity index (χ1) is 10.8. The lowest BCUT2D eigenvalue weighted by atomic mass is 10.2. The number of amides is 1. The number of ether oxygens (including phenoxy) is 1. The first-order valence-electron chi connectivity index (χ1n) is 6.54. The number of nitrogens with zero attached hydrogens (tertiary/aromatic N) is 4. The second-order valence-corrected chi connectivity index (χ2v) is 4.40. The molecule has 0 atom stereocenters. The van der Waals surface area contributed by atoms with Crippen molar-refractivity contribution in [2.24, 2.45) is 0 Å². The molecule has 7 heteroatoms. The zero-order valence-corrected chi connectivity index (χ0v) is 11.8. The van der Waals surface area contributed by atoms with Crippen LogP contribution in [0.2, 0.25) is 0 Å². The van der Waals surface area contributed by atoms with Gasteiger partial charge in [-0.15, -0.1) is 0 Å². The summed E-state index contributed by atoms with van der Waals surface area (Å²) in [6, 6.07) is 10.3. The second kappa shape index (κ2) is 6.04. The molecule has 3 rings (SSSR count). The lowest BCUT2D eigenvalue weighted by Crippen LogP contribution is -2.13. The Kier molecular flexibility index (Phi) is 3.78. The number of anilines is 1. The van der Waals surface area contributed by atoms with Gasteiger partial charge in [-0.1, -0.05) is 6.07 Å². The Morgan fingerprint density at radius 3 is 2.91 bits per heavy atom. The van der Waals surface area contributed by atoms with E-state index in [0.29, 0.717) is 22.9 Å². The minimum Gasteiger partial charge on any atom is -0.497 e. The van der Waals surface area contributed by atoms with Crippen molar-refractivity contribution in [3.8, 4) is 11.6 Å². The van der Waals surface area contributed by atoms with Crippen molar-refractivity contribution < 1.29 is 9.53 Å². The smallest absolute Gasteiger partial charge is 0.256 e. The van der Waals surface area contributed by atoms with Gasteiger partial charge in [0, 0.05) is 24.0 Å². The molecule has 1 amide bonds. The Hall–Kier alpha value is -3.22. The van der Waals surface area contributed by atoms with Crippen LogP contribution in [0.1, 0.15) is 10.4 Å². The van der Waals surface area contributed by atoms with E-state index in [1.54, 1.807) is 60.6 Å². The number of hydrogen-bond acceptors (Lipinski definition) is 5. The Morgan fingerprint density at radius 1 is 1.23 bits per heavy atom. The third kappa shape index (κ3) is 2.93. The number of carbonyl (C=O) groups excluding carboxylic acids is 1. The molecule has 0 aliphatic carbocycles. The average molecular weight is 295 g/mol. The maximum Gasteiger partial charge on any atom is 0.256 e. The summed E-state index contributed by atoms with van der Waals surface area (Å²) in [6.45, 7) is 0. The van der Waals surface area contributed by atoms with Gasteiger partial charge >= 0.3 is 0 Å². The molecule has 7 nitrogen and oxygen atoms in total. The second-order valence-electron chi connectivity index (χ2n) is 4.40. The number of hydrogen-bond donors (Lipinski definition) is 1. The van der Waals surface area contributed by atoms with E-state index >= 15 is 0 Å². The normalized spacial score (nSPS) is 10.2. The number of methoxy groups -OCH3 is 1. The molecule has 0 saturated carbocycles. The predicted octanol–water partition coefficient (Wildman–Crippen LogP) is 1.92. The molecule has 0 aliphatic heterocycles. The van der Waals surface area contributed by atoms with Gasteiger partial charge < -0.3 is 10.1 Å². The largest absolute Gasteiger partial charge is 0.497 e. The topological polar surface area (TPSA) is 81.9 Å². The summed E-state index contributed by atoms with van der Waals surface area (Å²) in [5.74, 6) is 1.31.